The molecular formula is C12H17N3O2. The molecule has 0 saturated heterocycles. The lowest BCUT2D eigenvalue weighted by Crippen LogP contribution is -2.41. The summed E-state index contributed by atoms with van der Waals surface area (Å²) in [6.45, 7) is 4.02. The summed E-state index contributed by atoms with van der Waals surface area (Å²) >= 11 is 0. The number of rotatable bonds is 4. The molecule has 1 aromatic carbocycles. The summed E-state index contributed by atoms with van der Waals surface area (Å²) in [5.74, 6) is -0.434. The number of amides is 3. The molecule has 3 amide bonds. The molecule has 0 spiro atoms. The van der Waals surface area contributed by atoms with Gasteiger partial charge >= 0.3 is 6.03 Å². The quantitative estimate of drug-likeness (QED) is 0.723. The van der Waals surface area contributed by atoms with E-state index in [-0.39, 0.29) is 12.6 Å². The smallest absolute Gasteiger partial charge is 0.318 e. The van der Waals surface area contributed by atoms with Crippen LogP contribution in [-0.4, -0.2) is 18.5 Å². The van der Waals surface area contributed by atoms with Gasteiger partial charge in [0.05, 0.1) is 6.54 Å². The Bertz CT molecular complexity index is 401. The Hall–Kier alpha value is -1.88. The Morgan fingerprint density at radius 1 is 1.29 bits per heavy atom. The largest absolute Gasteiger partial charge is 0.351 e. The van der Waals surface area contributed by atoms with Crippen molar-refractivity contribution >= 4 is 11.9 Å². The van der Waals surface area contributed by atoms with Gasteiger partial charge in [-0.25, -0.2) is 4.79 Å². The Balaban J connectivity index is 2.44. The molecule has 0 aliphatic rings. The molecule has 0 radical (unpaired) electrons. The zero-order valence-corrected chi connectivity index (χ0v) is 9.99. The van der Waals surface area contributed by atoms with E-state index in [0.29, 0.717) is 0 Å². The third-order valence-electron chi connectivity index (χ3n) is 2.41. The van der Waals surface area contributed by atoms with E-state index in [1.165, 1.54) is 5.56 Å². The van der Waals surface area contributed by atoms with Crippen LogP contribution in [0.15, 0.2) is 24.3 Å². The molecule has 0 aliphatic carbocycles. The van der Waals surface area contributed by atoms with Crippen LogP contribution in [0.5, 0.6) is 0 Å². The average molecular weight is 235 g/mol. The van der Waals surface area contributed by atoms with E-state index in [2.05, 4.69) is 5.32 Å². The third-order valence-corrected chi connectivity index (χ3v) is 2.41. The fourth-order valence-corrected chi connectivity index (χ4v) is 1.40. The van der Waals surface area contributed by atoms with Gasteiger partial charge in [0.2, 0.25) is 5.91 Å². The second-order valence-corrected chi connectivity index (χ2v) is 3.93. The minimum Gasteiger partial charge on any atom is -0.351 e. The maximum atomic E-state index is 11.2. The van der Waals surface area contributed by atoms with Crippen molar-refractivity contribution in [3.8, 4) is 0 Å². The highest BCUT2D eigenvalue weighted by molar-refractivity contribution is 5.94. The minimum atomic E-state index is -0.834. The maximum Gasteiger partial charge on any atom is 0.318 e. The second kappa shape index (κ2) is 6.00. The zero-order chi connectivity index (χ0) is 12.8. The van der Waals surface area contributed by atoms with Gasteiger partial charge in [0.25, 0.3) is 0 Å². The van der Waals surface area contributed by atoms with Crippen molar-refractivity contribution in [2.75, 3.05) is 6.54 Å². The van der Waals surface area contributed by atoms with Crippen LogP contribution in [0.25, 0.3) is 0 Å². The molecule has 0 saturated carbocycles. The van der Waals surface area contributed by atoms with Crippen molar-refractivity contribution in [2.24, 2.45) is 5.73 Å². The molecule has 0 aromatic heterocycles. The first-order valence-corrected chi connectivity index (χ1v) is 5.38. The zero-order valence-electron chi connectivity index (χ0n) is 9.99. The number of carbonyl (C=O) groups is 2. The van der Waals surface area contributed by atoms with Gasteiger partial charge in [-0.05, 0) is 19.4 Å². The molecule has 1 aromatic rings. The van der Waals surface area contributed by atoms with Crippen molar-refractivity contribution < 1.29 is 9.59 Å². The number of primary amides is 1. The van der Waals surface area contributed by atoms with Gasteiger partial charge in [0.1, 0.15) is 0 Å². The number of aryl methyl sites for hydroxylation is 1. The van der Waals surface area contributed by atoms with E-state index in [9.17, 15) is 9.59 Å². The monoisotopic (exact) mass is 235 g/mol. The molecule has 5 heteroatoms. The SMILES string of the molecule is Cc1ccc([C@H](C)NCC(=O)NC(N)=O)cc1. The van der Waals surface area contributed by atoms with Crippen LogP contribution in [0.2, 0.25) is 0 Å². The first kappa shape index (κ1) is 13.2. The molecular weight excluding hydrogens is 218 g/mol. The van der Waals surface area contributed by atoms with Gasteiger partial charge in [0, 0.05) is 6.04 Å². The minimum absolute atomic E-state index is 0.0363. The highest BCUT2D eigenvalue weighted by Crippen LogP contribution is 2.12. The lowest BCUT2D eigenvalue weighted by atomic mass is 10.1. The van der Waals surface area contributed by atoms with Gasteiger partial charge in [-0.15, -0.1) is 0 Å². The van der Waals surface area contributed by atoms with Gasteiger partial charge in [-0.3, -0.25) is 10.1 Å². The van der Waals surface area contributed by atoms with Crippen molar-refractivity contribution in [3.63, 3.8) is 0 Å². The van der Waals surface area contributed by atoms with E-state index in [4.69, 9.17) is 5.73 Å². The lowest BCUT2D eigenvalue weighted by Gasteiger charge is -2.13. The lowest BCUT2D eigenvalue weighted by molar-refractivity contribution is -0.119. The van der Waals surface area contributed by atoms with Gasteiger partial charge < -0.3 is 11.1 Å². The maximum absolute atomic E-state index is 11.2. The summed E-state index contributed by atoms with van der Waals surface area (Å²) in [7, 11) is 0. The molecule has 17 heavy (non-hydrogen) atoms. The Kier molecular flexibility index (Phi) is 4.66. The summed E-state index contributed by atoms with van der Waals surface area (Å²) in [4.78, 5) is 21.6. The standard InChI is InChI=1S/C12H17N3O2/c1-8-3-5-10(6-4-8)9(2)14-7-11(16)15-12(13)17/h3-6,9,14H,7H2,1-2H3,(H3,13,15,16,17)/t9-/m0/s1. The normalized spacial score (nSPS) is 11.9. The van der Waals surface area contributed by atoms with Crippen LogP contribution in [0.1, 0.15) is 24.1 Å². The number of hydrogen-bond acceptors (Lipinski definition) is 3. The van der Waals surface area contributed by atoms with Crippen molar-refractivity contribution in [2.45, 2.75) is 19.9 Å². The highest BCUT2D eigenvalue weighted by Gasteiger charge is 2.08. The van der Waals surface area contributed by atoms with E-state index in [0.717, 1.165) is 5.56 Å². The Labute approximate surface area is 100 Å². The molecule has 5 nitrogen and oxygen atoms in total. The molecule has 1 rings (SSSR count). The van der Waals surface area contributed by atoms with Crippen LogP contribution < -0.4 is 16.4 Å². The van der Waals surface area contributed by atoms with Gasteiger partial charge in [0.15, 0.2) is 0 Å². The van der Waals surface area contributed by atoms with E-state index in [1.54, 1.807) is 0 Å². The van der Waals surface area contributed by atoms with Crippen molar-refractivity contribution in [3.05, 3.63) is 35.4 Å². The topological polar surface area (TPSA) is 84.2 Å². The molecule has 92 valence electrons. The number of imide groups is 1. The van der Waals surface area contributed by atoms with Crippen LogP contribution in [0, 0.1) is 6.92 Å². The predicted molar refractivity (Wildman–Crippen MR) is 65.3 cm³/mol. The molecule has 0 heterocycles. The molecule has 1 atom stereocenters. The number of hydrogen-bond donors (Lipinski definition) is 3. The second-order valence-electron chi connectivity index (χ2n) is 3.93. The number of benzene rings is 1. The fourth-order valence-electron chi connectivity index (χ4n) is 1.40. The Morgan fingerprint density at radius 2 is 1.88 bits per heavy atom. The van der Waals surface area contributed by atoms with E-state index < -0.39 is 11.9 Å². The van der Waals surface area contributed by atoms with Crippen molar-refractivity contribution in [1.82, 2.24) is 10.6 Å². The number of nitrogens with one attached hydrogen (secondary N) is 2. The Morgan fingerprint density at radius 3 is 2.41 bits per heavy atom. The first-order chi connectivity index (χ1) is 7.99. The molecule has 0 bridgehead atoms. The summed E-state index contributed by atoms with van der Waals surface area (Å²) in [5, 5.41) is 5.00. The number of carbonyl (C=O) groups excluding carboxylic acids is 2. The van der Waals surface area contributed by atoms with Crippen molar-refractivity contribution in [1.29, 1.82) is 0 Å². The molecule has 4 N–H and O–H groups in total. The molecule has 0 unspecified atom stereocenters. The molecule has 0 aliphatic heterocycles. The summed E-state index contributed by atoms with van der Waals surface area (Å²) in [6, 6.07) is 7.22. The van der Waals surface area contributed by atoms with Crippen LogP contribution >= 0.6 is 0 Å². The fraction of sp³-hybridized carbons (Fsp3) is 0.333. The summed E-state index contributed by atoms with van der Waals surface area (Å²) in [6.07, 6.45) is 0. The number of nitrogens with two attached hydrogens (primary N) is 1. The predicted octanol–water partition coefficient (Wildman–Crippen LogP) is 0.841. The van der Waals surface area contributed by atoms with Crippen LogP contribution in [0.4, 0.5) is 4.79 Å². The number of urea groups is 1. The van der Waals surface area contributed by atoms with Crippen LogP contribution in [0.3, 0.4) is 0 Å². The van der Waals surface area contributed by atoms with Crippen LogP contribution in [-0.2, 0) is 4.79 Å². The molecule has 0 fully saturated rings. The average Bonchev–Trinajstić information content (AvgIpc) is 2.26. The summed E-state index contributed by atoms with van der Waals surface area (Å²) < 4.78 is 0. The van der Waals surface area contributed by atoms with E-state index >= 15 is 0 Å². The first-order valence-electron chi connectivity index (χ1n) is 5.38. The van der Waals surface area contributed by atoms with Gasteiger partial charge in [-0.1, -0.05) is 29.8 Å². The summed E-state index contributed by atoms with van der Waals surface area (Å²) in [5.41, 5.74) is 7.10. The highest BCUT2D eigenvalue weighted by atomic mass is 16.2. The van der Waals surface area contributed by atoms with E-state index in [1.807, 2.05) is 43.4 Å². The van der Waals surface area contributed by atoms with Gasteiger partial charge in [-0.2, -0.15) is 0 Å². The third kappa shape index (κ3) is 4.65.